The third-order valence-electron chi connectivity index (χ3n) is 3.91. The summed E-state index contributed by atoms with van der Waals surface area (Å²) in [5.74, 6) is -3.31. The van der Waals surface area contributed by atoms with Crippen LogP contribution < -0.4 is 0 Å². The van der Waals surface area contributed by atoms with Crippen LogP contribution in [0.2, 0.25) is 0 Å². The van der Waals surface area contributed by atoms with Gasteiger partial charge in [-0.15, -0.1) is 0 Å². The molecule has 2 atom stereocenters. The lowest BCUT2D eigenvalue weighted by atomic mass is 9.96. The quantitative estimate of drug-likeness (QED) is 0.621. The second-order valence-corrected chi connectivity index (χ2v) is 5.35. The van der Waals surface area contributed by atoms with Gasteiger partial charge in [0.15, 0.2) is 0 Å². The molecule has 1 aromatic carbocycles. The molecule has 21 heavy (non-hydrogen) atoms. The number of piperidine rings is 1. The second kappa shape index (κ2) is 5.75. The smallest absolute Gasteiger partial charge is 0.305 e. The fourth-order valence-electron chi connectivity index (χ4n) is 2.83. The Balaban J connectivity index is 2.47. The van der Waals surface area contributed by atoms with Crippen molar-refractivity contribution in [2.75, 3.05) is 0 Å². The van der Waals surface area contributed by atoms with Crippen molar-refractivity contribution >= 4 is 11.6 Å². The Labute approximate surface area is 120 Å². The van der Waals surface area contributed by atoms with Gasteiger partial charge >= 0.3 is 5.69 Å². The maximum Gasteiger partial charge on any atom is 0.305 e. The van der Waals surface area contributed by atoms with Crippen LogP contribution in [-0.2, 0) is 0 Å². The Hall–Kier alpha value is -2.05. The van der Waals surface area contributed by atoms with Gasteiger partial charge < -0.3 is 4.90 Å². The standard InChI is InChI=1S/C14H16F2N2O3/c1-8-4-3-5-9(2)17(8)14(19)12-10(15)6-7-11(13(12)16)18(20)21/h6-9H,3-5H2,1-2H3/t8-,9+. The molecule has 7 heteroatoms. The van der Waals surface area contributed by atoms with Gasteiger partial charge in [0.2, 0.25) is 5.82 Å². The van der Waals surface area contributed by atoms with E-state index in [2.05, 4.69) is 0 Å². The molecule has 1 amide bonds. The molecule has 1 aliphatic heterocycles. The van der Waals surface area contributed by atoms with E-state index in [1.165, 1.54) is 4.90 Å². The molecule has 1 aromatic rings. The van der Waals surface area contributed by atoms with E-state index in [0.29, 0.717) is 0 Å². The molecule has 0 unspecified atom stereocenters. The summed E-state index contributed by atoms with van der Waals surface area (Å²) in [6.45, 7) is 3.61. The largest absolute Gasteiger partial charge is 0.333 e. The molecule has 1 heterocycles. The lowest BCUT2D eigenvalue weighted by Crippen LogP contribution is -2.48. The highest BCUT2D eigenvalue weighted by Crippen LogP contribution is 2.29. The van der Waals surface area contributed by atoms with Crippen LogP contribution in [0.25, 0.3) is 0 Å². The molecule has 1 saturated heterocycles. The summed E-state index contributed by atoms with van der Waals surface area (Å²) in [5.41, 5.74) is -1.73. The first kappa shape index (κ1) is 15.3. The number of rotatable bonds is 2. The highest BCUT2D eigenvalue weighted by molar-refractivity contribution is 5.96. The van der Waals surface area contributed by atoms with Crippen LogP contribution in [0.15, 0.2) is 12.1 Å². The molecule has 0 N–H and O–H groups in total. The lowest BCUT2D eigenvalue weighted by molar-refractivity contribution is -0.387. The lowest BCUT2D eigenvalue weighted by Gasteiger charge is -2.39. The number of nitro groups is 1. The number of nitrogens with zero attached hydrogens (tertiary/aromatic N) is 2. The zero-order valence-electron chi connectivity index (χ0n) is 11.8. The zero-order valence-corrected chi connectivity index (χ0v) is 11.8. The Morgan fingerprint density at radius 2 is 1.86 bits per heavy atom. The third-order valence-corrected chi connectivity index (χ3v) is 3.91. The molecular weight excluding hydrogens is 282 g/mol. The van der Waals surface area contributed by atoms with Crippen molar-refractivity contribution in [2.45, 2.75) is 45.2 Å². The van der Waals surface area contributed by atoms with E-state index in [-0.39, 0.29) is 12.1 Å². The maximum absolute atomic E-state index is 14.1. The summed E-state index contributed by atoms with van der Waals surface area (Å²) in [6.07, 6.45) is 2.43. The summed E-state index contributed by atoms with van der Waals surface area (Å²) < 4.78 is 28.0. The number of halogens is 2. The second-order valence-electron chi connectivity index (χ2n) is 5.35. The summed E-state index contributed by atoms with van der Waals surface area (Å²) >= 11 is 0. The number of hydrogen-bond acceptors (Lipinski definition) is 3. The van der Waals surface area contributed by atoms with Crippen molar-refractivity contribution in [2.24, 2.45) is 0 Å². The minimum Gasteiger partial charge on any atom is -0.333 e. The van der Waals surface area contributed by atoms with E-state index in [1.807, 2.05) is 0 Å². The summed E-state index contributed by atoms with van der Waals surface area (Å²) in [6, 6.07) is 1.18. The number of carbonyl (C=O) groups is 1. The van der Waals surface area contributed by atoms with Gasteiger partial charge in [-0.1, -0.05) is 0 Å². The van der Waals surface area contributed by atoms with E-state index < -0.39 is 33.7 Å². The molecule has 0 bridgehead atoms. The Morgan fingerprint density at radius 3 is 2.38 bits per heavy atom. The number of amides is 1. The van der Waals surface area contributed by atoms with E-state index in [9.17, 15) is 23.7 Å². The number of hydrogen-bond donors (Lipinski definition) is 0. The number of carbonyl (C=O) groups excluding carboxylic acids is 1. The van der Waals surface area contributed by atoms with Gasteiger partial charge in [-0.3, -0.25) is 14.9 Å². The molecule has 1 fully saturated rings. The Kier molecular flexibility index (Phi) is 4.20. The van der Waals surface area contributed by atoms with Crippen molar-refractivity contribution in [3.63, 3.8) is 0 Å². The van der Waals surface area contributed by atoms with Crippen molar-refractivity contribution in [3.05, 3.63) is 39.4 Å². The summed E-state index contributed by atoms with van der Waals surface area (Å²) in [7, 11) is 0. The Morgan fingerprint density at radius 1 is 1.29 bits per heavy atom. The van der Waals surface area contributed by atoms with Gasteiger partial charge in [0, 0.05) is 18.2 Å². The van der Waals surface area contributed by atoms with Crippen LogP contribution in [0.3, 0.4) is 0 Å². The average molecular weight is 298 g/mol. The van der Waals surface area contributed by atoms with E-state index in [4.69, 9.17) is 0 Å². The zero-order chi connectivity index (χ0) is 15.7. The summed E-state index contributed by atoms with van der Waals surface area (Å²) in [4.78, 5) is 23.6. The van der Waals surface area contributed by atoms with Crippen LogP contribution >= 0.6 is 0 Å². The molecule has 5 nitrogen and oxygen atoms in total. The first-order valence-corrected chi connectivity index (χ1v) is 6.79. The molecule has 1 aliphatic rings. The third kappa shape index (κ3) is 2.72. The van der Waals surface area contributed by atoms with Crippen LogP contribution in [0, 0.1) is 21.7 Å². The van der Waals surface area contributed by atoms with Crippen LogP contribution in [0.4, 0.5) is 14.5 Å². The molecule has 0 radical (unpaired) electrons. The average Bonchev–Trinajstić information content (AvgIpc) is 2.38. The van der Waals surface area contributed by atoms with Gasteiger partial charge in [-0.2, -0.15) is 4.39 Å². The van der Waals surface area contributed by atoms with Crippen LogP contribution in [-0.4, -0.2) is 27.8 Å². The van der Waals surface area contributed by atoms with Gasteiger partial charge in [0.05, 0.1) is 4.92 Å². The van der Waals surface area contributed by atoms with Gasteiger partial charge in [0.1, 0.15) is 11.4 Å². The van der Waals surface area contributed by atoms with Gasteiger partial charge in [-0.25, -0.2) is 4.39 Å². The highest BCUT2D eigenvalue weighted by atomic mass is 19.1. The van der Waals surface area contributed by atoms with Crippen molar-refractivity contribution in [3.8, 4) is 0 Å². The molecule has 0 saturated carbocycles. The van der Waals surface area contributed by atoms with Crippen molar-refractivity contribution in [1.29, 1.82) is 0 Å². The molecular formula is C14H16F2N2O3. The van der Waals surface area contributed by atoms with E-state index in [0.717, 1.165) is 31.4 Å². The van der Waals surface area contributed by atoms with Crippen molar-refractivity contribution in [1.82, 2.24) is 4.90 Å². The normalized spacial score (nSPS) is 22.2. The molecule has 114 valence electrons. The SMILES string of the molecule is C[C@@H]1CCC[C@H](C)N1C(=O)c1c(F)ccc([N+](=O)[O-])c1F. The first-order chi connectivity index (χ1) is 9.84. The van der Waals surface area contributed by atoms with Gasteiger partial charge in [-0.05, 0) is 39.2 Å². The van der Waals surface area contributed by atoms with Crippen molar-refractivity contribution < 1.29 is 18.5 Å². The minimum absolute atomic E-state index is 0.153. The molecule has 0 aliphatic carbocycles. The maximum atomic E-state index is 14.1. The predicted molar refractivity (Wildman–Crippen MR) is 72.0 cm³/mol. The molecule has 0 spiro atoms. The predicted octanol–water partition coefficient (Wildman–Crippen LogP) is 3.28. The fraction of sp³-hybridized carbons (Fsp3) is 0.500. The van der Waals surface area contributed by atoms with E-state index >= 15 is 0 Å². The van der Waals surface area contributed by atoms with Crippen LogP contribution in [0.5, 0.6) is 0 Å². The van der Waals surface area contributed by atoms with Crippen LogP contribution in [0.1, 0.15) is 43.5 Å². The molecule has 2 rings (SSSR count). The fourth-order valence-corrected chi connectivity index (χ4v) is 2.83. The minimum atomic E-state index is -1.41. The Bertz CT molecular complexity index is 582. The van der Waals surface area contributed by atoms with Gasteiger partial charge in [0.25, 0.3) is 5.91 Å². The monoisotopic (exact) mass is 298 g/mol. The first-order valence-electron chi connectivity index (χ1n) is 6.79. The topological polar surface area (TPSA) is 63.5 Å². The summed E-state index contributed by atoms with van der Waals surface area (Å²) in [5, 5.41) is 10.7. The number of nitro benzene ring substituents is 1. The number of likely N-dealkylation sites (tertiary alicyclic amines) is 1. The molecule has 0 aromatic heterocycles. The number of benzene rings is 1. The van der Waals surface area contributed by atoms with E-state index in [1.54, 1.807) is 13.8 Å². The highest BCUT2D eigenvalue weighted by Gasteiger charge is 2.35.